The molecule has 0 aliphatic heterocycles. The van der Waals surface area contributed by atoms with Gasteiger partial charge in [0, 0.05) is 11.1 Å². The molecule has 19 heavy (non-hydrogen) atoms. The summed E-state index contributed by atoms with van der Waals surface area (Å²) in [7, 11) is 0. The molecule has 2 rings (SSSR count). The first-order valence-electron chi connectivity index (χ1n) is 5.89. The second kappa shape index (κ2) is 5.83. The third-order valence-electron chi connectivity index (χ3n) is 2.74. The zero-order chi connectivity index (χ0) is 13.7. The number of benzene rings is 2. The van der Waals surface area contributed by atoms with Crippen molar-refractivity contribution in [2.45, 2.75) is 0 Å². The van der Waals surface area contributed by atoms with E-state index in [1.807, 2.05) is 12.1 Å². The Balaban J connectivity index is 2.22. The molecule has 0 amide bonds. The molecule has 0 radical (unpaired) electrons. The highest BCUT2D eigenvalue weighted by Crippen LogP contribution is 2.16. The molecule has 2 nitrogen and oxygen atoms in total. The summed E-state index contributed by atoms with van der Waals surface area (Å²) in [5, 5.41) is 0. The molecule has 0 fully saturated rings. The molecule has 0 atom stereocenters. The summed E-state index contributed by atoms with van der Waals surface area (Å²) in [4.78, 5) is 12.2. The molecule has 94 valence electrons. The number of ketones is 1. The van der Waals surface area contributed by atoms with Crippen LogP contribution in [0.15, 0.2) is 68.0 Å². The van der Waals surface area contributed by atoms with Gasteiger partial charge in [-0.1, -0.05) is 43.5 Å². The topological polar surface area (TPSA) is 26.3 Å². The van der Waals surface area contributed by atoms with Crippen molar-refractivity contribution in [1.82, 2.24) is 0 Å². The zero-order valence-corrected chi connectivity index (χ0v) is 10.5. The van der Waals surface area contributed by atoms with Crippen LogP contribution in [-0.4, -0.2) is 5.78 Å². The quantitative estimate of drug-likeness (QED) is 0.590. The number of rotatable bonds is 5. The highest BCUT2D eigenvalue weighted by Gasteiger charge is 2.08. The largest absolute Gasteiger partial charge is 0.466 e. The van der Waals surface area contributed by atoms with E-state index in [4.69, 9.17) is 4.74 Å². The maximum Gasteiger partial charge on any atom is 0.193 e. The van der Waals surface area contributed by atoms with Crippen molar-refractivity contribution in [3.8, 4) is 5.75 Å². The lowest BCUT2D eigenvalue weighted by Gasteiger charge is -2.03. The lowest BCUT2D eigenvalue weighted by Crippen LogP contribution is -2.00. The van der Waals surface area contributed by atoms with E-state index in [1.54, 1.807) is 42.5 Å². The van der Waals surface area contributed by atoms with Gasteiger partial charge in [0.05, 0.1) is 6.26 Å². The second-order valence-electron chi connectivity index (χ2n) is 3.96. The molecule has 0 bridgehead atoms. The van der Waals surface area contributed by atoms with Gasteiger partial charge in [-0.15, -0.1) is 0 Å². The molecule has 0 unspecified atom stereocenters. The second-order valence-corrected chi connectivity index (χ2v) is 3.96. The van der Waals surface area contributed by atoms with Crippen molar-refractivity contribution in [2.24, 2.45) is 0 Å². The fourth-order valence-electron chi connectivity index (χ4n) is 1.72. The van der Waals surface area contributed by atoms with Crippen LogP contribution < -0.4 is 4.74 Å². The number of carbonyl (C=O) groups is 1. The molecule has 0 heterocycles. The first-order valence-corrected chi connectivity index (χ1v) is 5.89. The Hall–Kier alpha value is -2.61. The van der Waals surface area contributed by atoms with Gasteiger partial charge in [0.1, 0.15) is 5.75 Å². The number of hydrogen-bond donors (Lipinski definition) is 0. The minimum atomic E-state index is -0.0132. The Morgan fingerprint density at radius 1 is 0.895 bits per heavy atom. The molecule has 2 aromatic carbocycles. The van der Waals surface area contributed by atoms with Gasteiger partial charge in [-0.3, -0.25) is 4.79 Å². The SMILES string of the molecule is C=COc1ccc(C(=O)c2ccc(C=C)cc2)cc1. The molecule has 2 heteroatoms. The van der Waals surface area contributed by atoms with Crippen molar-refractivity contribution in [3.63, 3.8) is 0 Å². The van der Waals surface area contributed by atoms with Crippen molar-refractivity contribution >= 4 is 11.9 Å². The fourth-order valence-corrected chi connectivity index (χ4v) is 1.72. The van der Waals surface area contributed by atoms with Gasteiger partial charge < -0.3 is 4.74 Å². The van der Waals surface area contributed by atoms with Gasteiger partial charge in [0.2, 0.25) is 0 Å². The maximum atomic E-state index is 12.2. The van der Waals surface area contributed by atoms with Crippen molar-refractivity contribution in [2.75, 3.05) is 0 Å². The normalized spacial score (nSPS) is 9.68. The van der Waals surface area contributed by atoms with Crippen molar-refractivity contribution in [3.05, 3.63) is 84.6 Å². The van der Waals surface area contributed by atoms with Gasteiger partial charge in [0.25, 0.3) is 0 Å². The van der Waals surface area contributed by atoms with Crippen LogP contribution in [0.25, 0.3) is 6.08 Å². The average molecular weight is 250 g/mol. The van der Waals surface area contributed by atoms with E-state index in [0.29, 0.717) is 16.9 Å². The molecule has 0 spiro atoms. The predicted octanol–water partition coefficient (Wildman–Crippen LogP) is 4.08. The standard InChI is InChI=1S/C17H14O2/c1-3-13-5-7-14(8-6-13)17(18)15-9-11-16(12-10-15)19-4-2/h3-12H,1-2H2. The first kappa shape index (κ1) is 12.8. The summed E-state index contributed by atoms with van der Waals surface area (Å²) in [6.07, 6.45) is 3.10. The van der Waals surface area contributed by atoms with E-state index in [2.05, 4.69) is 13.2 Å². The smallest absolute Gasteiger partial charge is 0.193 e. The van der Waals surface area contributed by atoms with Crippen molar-refractivity contribution in [1.29, 1.82) is 0 Å². The summed E-state index contributed by atoms with van der Waals surface area (Å²) in [5.74, 6) is 0.648. The zero-order valence-electron chi connectivity index (χ0n) is 10.5. The van der Waals surface area contributed by atoms with E-state index in [-0.39, 0.29) is 5.78 Å². The van der Waals surface area contributed by atoms with Gasteiger partial charge in [0.15, 0.2) is 5.78 Å². The Bertz CT molecular complexity index is 592. The Morgan fingerprint density at radius 3 is 1.89 bits per heavy atom. The van der Waals surface area contributed by atoms with E-state index in [1.165, 1.54) is 6.26 Å². The van der Waals surface area contributed by atoms with Crippen LogP contribution in [0.5, 0.6) is 5.75 Å². The molecular formula is C17H14O2. The molecule has 0 saturated heterocycles. The minimum absolute atomic E-state index is 0.0132. The third-order valence-corrected chi connectivity index (χ3v) is 2.74. The molecule has 0 aliphatic carbocycles. The Labute approximate surface area is 112 Å². The predicted molar refractivity (Wildman–Crippen MR) is 77.2 cm³/mol. The molecule has 0 saturated carbocycles. The molecular weight excluding hydrogens is 236 g/mol. The summed E-state index contributed by atoms with van der Waals surface area (Å²) in [6, 6.07) is 14.3. The van der Waals surface area contributed by atoms with E-state index >= 15 is 0 Å². The van der Waals surface area contributed by atoms with Gasteiger partial charge in [-0.2, -0.15) is 0 Å². The van der Waals surface area contributed by atoms with Crippen LogP contribution in [0.2, 0.25) is 0 Å². The lowest BCUT2D eigenvalue weighted by atomic mass is 10.0. The monoisotopic (exact) mass is 250 g/mol. The first-order chi connectivity index (χ1) is 9.24. The summed E-state index contributed by atoms with van der Waals surface area (Å²) in [5.41, 5.74) is 2.28. The van der Waals surface area contributed by atoms with Crippen LogP contribution in [0.1, 0.15) is 21.5 Å². The van der Waals surface area contributed by atoms with E-state index in [0.717, 1.165) is 5.56 Å². The highest BCUT2D eigenvalue weighted by atomic mass is 16.5. The maximum absolute atomic E-state index is 12.2. The third kappa shape index (κ3) is 2.99. The number of ether oxygens (including phenoxy) is 1. The average Bonchev–Trinajstić information content (AvgIpc) is 2.48. The van der Waals surface area contributed by atoms with E-state index < -0.39 is 0 Å². The van der Waals surface area contributed by atoms with Crippen LogP contribution in [0, 0.1) is 0 Å². The molecule has 2 aromatic rings. The van der Waals surface area contributed by atoms with Crippen LogP contribution >= 0.6 is 0 Å². The van der Waals surface area contributed by atoms with Crippen LogP contribution in [-0.2, 0) is 0 Å². The van der Waals surface area contributed by atoms with Gasteiger partial charge >= 0.3 is 0 Å². The van der Waals surface area contributed by atoms with E-state index in [9.17, 15) is 4.79 Å². The Kier molecular flexibility index (Phi) is 3.94. The number of hydrogen-bond acceptors (Lipinski definition) is 2. The number of carbonyl (C=O) groups excluding carboxylic acids is 1. The molecule has 0 aliphatic rings. The minimum Gasteiger partial charge on any atom is -0.466 e. The lowest BCUT2D eigenvalue weighted by molar-refractivity contribution is 0.103. The fraction of sp³-hybridized carbons (Fsp3) is 0. The van der Waals surface area contributed by atoms with Gasteiger partial charge in [-0.05, 0) is 29.8 Å². The Morgan fingerprint density at radius 2 is 1.42 bits per heavy atom. The van der Waals surface area contributed by atoms with Crippen LogP contribution in [0.3, 0.4) is 0 Å². The summed E-state index contributed by atoms with van der Waals surface area (Å²) in [6.45, 7) is 7.16. The highest BCUT2D eigenvalue weighted by molar-refractivity contribution is 6.09. The summed E-state index contributed by atoms with van der Waals surface area (Å²) >= 11 is 0. The molecule has 0 N–H and O–H groups in total. The summed E-state index contributed by atoms with van der Waals surface area (Å²) < 4.78 is 5.12. The molecule has 0 aromatic heterocycles. The van der Waals surface area contributed by atoms with Crippen LogP contribution in [0.4, 0.5) is 0 Å². The van der Waals surface area contributed by atoms with Gasteiger partial charge in [-0.25, -0.2) is 0 Å². The van der Waals surface area contributed by atoms with Crippen molar-refractivity contribution < 1.29 is 9.53 Å².